The second-order valence-electron chi connectivity index (χ2n) is 4.57. The van der Waals surface area contributed by atoms with Gasteiger partial charge >= 0.3 is 0 Å². The molecule has 2 N–H and O–H groups in total. The Hall–Kier alpha value is -0.970. The minimum atomic E-state index is 0.257. The van der Waals surface area contributed by atoms with Crippen molar-refractivity contribution in [2.24, 2.45) is 5.73 Å². The Balaban J connectivity index is 2.11. The van der Waals surface area contributed by atoms with Crippen molar-refractivity contribution in [2.75, 3.05) is 26.2 Å². The van der Waals surface area contributed by atoms with E-state index < -0.39 is 0 Å². The Morgan fingerprint density at radius 3 is 3.24 bits per heavy atom. The van der Waals surface area contributed by atoms with Crippen LogP contribution in [-0.4, -0.2) is 42.2 Å². The molecular weight excluding hydrogens is 214 g/mol. The molecule has 0 saturated carbocycles. The number of aromatic nitrogens is 1. The Bertz CT molecular complexity index is 331. The van der Waals surface area contributed by atoms with Gasteiger partial charge in [-0.05, 0) is 25.0 Å². The summed E-state index contributed by atoms with van der Waals surface area (Å²) >= 11 is 0. The molecule has 2 heterocycles. The van der Waals surface area contributed by atoms with E-state index in [-0.39, 0.29) is 12.1 Å². The predicted octanol–water partition coefficient (Wildman–Crippen LogP) is 1.19. The number of nitrogens with zero attached hydrogens (tertiary/aromatic N) is 2. The second kappa shape index (κ2) is 6.10. The molecule has 4 heteroatoms. The van der Waals surface area contributed by atoms with Crippen molar-refractivity contribution >= 4 is 0 Å². The van der Waals surface area contributed by atoms with Gasteiger partial charge in [0.2, 0.25) is 0 Å². The molecule has 94 valence electrons. The number of nitrogens with two attached hydrogens (primary N) is 1. The fraction of sp³-hybridized carbons (Fsp3) is 0.615. The first-order valence-corrected chi connectivity index (χ1v) is 6.27. The van der Waals surface area contributed by atoms with Crippen molar-refractivity contribution in [1.82, 2.24) is 9.88 Å². The Morgan fingerprint density at radius 2 is 2.53 bits per heavy atom. The van der Waals surface area contributed by atoms with Crippen LogP contribution in [0.3, 0.4) is 0 Å². The number of hydrogen-bond acceptors (Lipinski definition) is 4. The maximum Gasteiger partial charge on any atom is 0.0674 e. The lowest BCUT2D eigenvalue weighted by atomic mass is 10.1. The van der Waals surface area contributed by atoms with Crippen LogP contribution < -0.4 is 5.73 Å². The molecule has 0 aromatic carbocycles. The zero-order chi connectivity index (χ0) is 12.1. The molecule has 1 aromatic heterocycles. The molecule has 0 bridgehead atoms. The third-order valence-corrected chi connectivity index (χ3v) is 3.22. The van der Waals surface area contributed by atoms with Gasteiger partial charge < -0.3 is 10.5 Å². The van der Waals surface area contributed by atoms with Crippen LogP contribution in [0, 0.1) is 0 Å². The van der Waals surface area contributed by atoms with Crippen molar-refractivity contribution < 1.29 is 4.74 Å². The number of pyridine rings is 1. The molecule has 0 aliphatic carbocycles. The molecule has 0 radical (unpaired) electrons. The normalized spacial score (nSPS) is 24.2. The van der Waals surface area contributed by atoms with Gasteiger partial charge in [0.15, 0.2) is 0 Å². The van der Waals surface area contributed by atoms with Crippen LogP contribution in [0.2, 0.25) is 0 Å². The number of hydrogen-bond donors (Lipinski definition) is 1. The predicted molar refractivity (Wildman–Crippen MR) is 67.6 cm³/mol. The minimum Gasteiger partial charge on any atom is -0.377 e. The highest BCUT2D eigenvalue weighted by Crippen LogP contribution is 2.21. The summed E-state index contributed by atoms with van der Waals surface area (Å²) in [6, 6.07) is 4.32. The maximum absolute atomic E-state index is 5.92. The third kappa shape index (κ3) is 3.25. The molecule has 2 atom stereocenters. The smallest absolute Gasteiger partial charge is 0.0674 e. The van der Waals surface area contributed by atoms with Crippen molar-refractivity contribution in [3.63, 3.8) is 0 Å². The van der Waals surface area contributed by atoms with Crippen molar-refractivity contribution in [3.05, 3.63) is 30.1 Å². The van der Waals surface area contributed by atoms with E-state index >= 15 is 0 Å². The first kappa shape index (κ1) is 12.5. The molecule has 1 fully saturated rings. The highest BCUT2D eigenvalue weighted by molar-refractivity contribution is 5.14. The van der Waals surface area contributed by atoms with Gasteiger partial charge in [0.25, 0.3) is 0 Å². The summed E-state index contributed by atoms with van der Waals surface area (Å²) < 4.78 is 5.67. The first-order chi connectivity index (χ1) is 8.31. The number of ether oxygens (including phenoxy) is 1. The summed E-state index contributed by atoms with van der Waals surface area (Å²) in [5.74, 6) is 0. The quantitative estimate of drug-likeness (QED) is 0.855. The third-order valence-electron chi connectivity index (χ3n) is 3.22. The summed E-state index contributed by atoms with van der Waals surface area (Å²) in [5.41, 5.74) is 7.12. The summed E-state index contributed by atoms with van der Waals surface area (Å²) in [7, 11) is 0. The lowest BCUT2D eigenvalue weighted by Crippen LogP contribution is -2.37. The zero-order valence-electron chi connectivity index (χ0n) is 10.4. The van der Waals surface area contributed by atoms with Gasteiger partial charge in [-0.2, -0.15) is 0 Å². The fourth-order valence-electron chi connectivity index (χ4n) is 2.38. The minimum absolute atomic E-state index is 0.257. The lowest BCUT2D eigenvalue weighted by Gasteiger charge is -2.30. The summed E-state index contributed by atoms with van der Waals surface area (Å²) in [6.45, 7) is 5.58. The van der Waals surface area contributed by atoms with Crippen LogP contribution in [0.25, 0.3) is 0 Å². The Kier molecular flexibility index (Phi) is 4.48. The molecule has 17 heavy (non-hydrogen) atoms. The zero-order valence-corrected chi connectivity index (χ0v) is 10.4. The molecule has 1 aliphatic heterocycles. The van der Waals surface area contributed by atoms with Gasteiger partial charge in [0.1, 0.15) is 0 Å². The molecule has 2 rings (SSSR count). The molecule has 0 amide bonds. The Labute approximate surface area is 103 Å². The average Bonchev–Trinajstić information content (AvgIpc) is 2.56. The SMILES string of the molecule is CC1CN(C(CN)c2cccnc2)CCCO1. The van der Waals surface area contributed by atoms with E-state index in [0.29, 0.717) is 6.54 Å². The van der Waals surface area contributed by atoms with Gasteiger partial charge in [0, 0.05) is 44.7 Å². The highest BCUT2D eigenvalue weighted by atomic mass is 16.5. The van der Waals surface area contributed by atoms with Crippen LogP contribution in [0.1, 0.15) is 24.9 Å². The Morgan fingerprint density at radius 1 is 1.65 bits per heavy atom. The van der Waals surface area contributed by atoms with Crippen LogP contribution in [0.5, 0.6) is 0 Å². The second-order valence-corrected chi connectivity index (χ2v) is 4.57. The van der Waals surface area contributed by atoms with Gasteiger partial charge in [-0.1, -0.05) is 6.07 Å². The largest absolute Gasteiger partial charge is 0.377 e. The van der Waals surface area contributed by atoms with Crippen molar-refractivity contribution in [2.45, 2.75) is 25.5 Å². The summed E-state index contributed by atoms with van der Waals surface area (Å²) in [4.78, 5) is 6.59. The molecule has 1 saturated heterocycles. The van der Waals surface area contributed by atoms with E-state index in [4.69, 9.17) is 10.5 Å². The van der Waals surface area contributed by atoms with E-state index in [9.17, 15) is 0 Å². The van der Waals surface area contributed by atoms with E-state index in [0.717, 1.165) is 26.1 Å². The standard InChI is InChI=1S/C13H21N3O/c1-11-10-16(6-3-7-17-11)13(8-14)12-4-2-5-15-9-12/h2,4-5,9,11,13H,3,6-8,10,14H2,1H3. The van der Waals surface area contributed by atoms with Crippen molar-refractivity contribution in [3.8, 4) is 0 Å². The van der Waals surface area contributed by atoms with E-state index in [1.54, 1.807) is 6.20 Å². The average molecular weight is 235 g/mol. The lowest BCUT2D eigenvalue weighted by molar-refractivity contribution is 0.0611. The highest BCUT2D eigenvalue weighted by Gasteiger charge is 2.23. The molecule has 1 aromatic rings. The summed E-state index contributed by atoms with van der Waals surface area (Å²) in [6.07, 6.45) is 5.06. The van der Waals surface area contributed by atoms with Gasteiger partial charge in [-0.25, -0.2) is 0 Å². The van der Waals surface area contributed by atoms with Crippen LogP contribution in [0.15, 0.2) is 24.5 Å². The van der Waals surface area contributed by atoms with Gasteiger partial charge in [-0.15, -0.1) is 0 Å². The molecule has 4 nitrogen and oxygen atoms in total. The first-order valence-electron chi connectivity index (χ1n) is 6.27. The van der Waals surface area contributed by atoms with E-state index in [1.165, 1.54) is 5.56 Å². The monoisotopic (exact) mass is 235 g/mol. The fourth-order valence-corrected chi connectivity index (χ4v) is 2.38. The van der Waals surface area contributed by atoms with Crippen LogP contribution in [-0.2, 0) is 4.74 Å². The van der Waals surface area contributed by atoms with Gasteiger partial charge in [0.05, 0.1) is 6.10 Å². The van der Waals surface area contributed by atoms with Crippen LogP contribution >= 0.6 is 0 Å². The molecular formula is C13H21N3O. The van der Waals surface area contributed by atoms with E-state index in [1.807, 2.05) is 12.3 Å². The topological polar surface area (TPSA) is 51.4 Å². The maximum atomic E-state index is 5.92. The molecule has 0 spiro atoms. The van der Waals surface area contributed by atoms with Crippen molar-refractivity contribution in [1.29, 1.82) is 0 Å². The van der Waals surface area contributed by atoms with Gasteiger partial charge in [-0.3, -0.25) is 9.88 Å². The summed E-state index contributed by atoms with van der Waals surface area (Å²) in [5, 5.41) is 0. The molecule has 2 unspecified atom stereocenters. The molecule has 1 aliphatic rings. The number of rotatable bonds is 3. The van der Waals surface area contributed by atoms with Crippen LogP contribution in [0.4, 0.5) is 0 Å². The van der Waals surface area contributed by atoms with E-state index in [2.05, 4.69) is 22.9 Å².